The molecule has 0 spiro atoms. The Morgan fingerprint density at radius 1 is 0.800 bits per heavy atom. The molecule has 1 N–H and O–H groups in total. The zero-order valence-corrected chi connectivity index (χ0v) is 20.2. The number of amides is 1. The highest BCUT2D eigenvalue weighted by Crippen LogP contribution is 2.34. The molecule has 1 fully saturated rings. The maximum absolute atomic E-state index is 14.0. The average molecular weight is 492 g/mol. The Labute approximate surface area is 206 Å². The lowest BCUT2D eigenvalue weighted by Crippen LogP contribution is -2.49. The van der Waals surface area contributed by atoms with Crippen LogP contribution in [0.5, 0.6) is 0 Å². The number of Topliss-reactive ketones (excluding diaryl/α,β-unsaturated/α-hetero) is 1. The molecule has 1 unspecified atom stereocenters. The van der Waals surface area contributed by atoms with E-state index < -0.39 is 33.1 Å². The van der Waals surface area contributed by atoms with Crippen molar-refractivity contribution in [3.63, 3.8) is 0 Å². The number of hydrogen-bond donors (Lipinski definition) is 1. The molecule has 0 heterocycles. The van der Waals surface area contributed by atoms with E-state index in [4.69, 9.17) is 4.74 Å². The zero-order valence-electron chi connectivity index (χ0n) is 19.4. The van der Waals surface area contributed by atoms with Crippen molar-refractivity contribution >= 4 is 21.7 Å². The van der Waals surface area contributed by atoms with Gasteiger partial charge in [-0.2, -0.15) is 0 Å². The molecule has 0 aliphatic heterocycles. The molecule has 3 aromatic carbocycles. The average Bonchev–Trinajstić information content (AvgIpc) is 2.90. The minimum absolute atomic E-state index is 0.0532. The first kappa shape index (κ1) is 24.7. The molecule has 1 aliphatic carbocycles. The van der Waals surface area contributed by atoms with Crippen molar-refractivity contribution < 1.29 is 22.7 Å². The third-order valence-corrected chi connectivity index (χ3v) is 8.11. The SMILES string of the molecule is O=C(NC1CCCCC1)OC(CS(=O)(=O)c1ccccc1)(C(=O)c1ccccc1)c1ccccc1. The highest BCUT2D eigenvalue weighted by atomic mass is 32.2. The smallest absolute Gasteiger partial charge is 0.408 e. The summed E-state index contributed by atoms with van der Waals surface area (Å²) in [6.45, 7) is 0. The molecule has 7 heteroatoms. The Morgan fingerprint density at radius 3 is 1.94 bits per heavy atom. The fourth-order valence-electron chi connectivity index (χ4n) is 4.52. The van der Waals surface area contributed by atoms with Gasteiger partial charge in [-0.15, -0.1) is 0 Å². The molecule has 0 aromatic heterocycles. The van der Waals surface area contributed by atoms with Crippen molar-refractivity contribution in [2.75, 3.05) is 5.75 Å². The van der Waals surface area contributed by atoms with Crippen LogP contribution in [-0.2, 0) is 20.2 Å². The minimum atomic E-state index is -4.02. The molecule has 4 rings (SSSR count). The van der Waals surface area contributed by atoms with E-state index in [1.807, 2.05) is 0 Å². The summed E-state index contributed by atoms with van der Waals surface area (Å²) < 4.78 is 33.1. The normalized spacial score (nSPS) is 16.1. The molecule has 35 heavy (non-hydrogen) atoms. The molecule has 3 aromatic rings. The van der Waals surface area contributed by atoms with Crippen LogP contribution in [0.4, 0.5) is 4.79 Å². The van der Waals surface area contributed by atoms with Crippen molar-refractivity contribution in [2.45, 2.75) is 48.6 Å². The number of sulfone groups is 1. The van der Waals surface area contributed by atoms with Gasteiger partial charge in [0.25, 0.3) is 0 Å². The lowest BCUT2D eigenvalue weighted by atomic mass is 9.87. The van der Waals surface area contributed by atoms with Crippen LogP contribution in [0.3, 0.4) is 0 Å². The maximum atomic E-state index is 14.0. The van der Waals surface area contributed by atoms with E-state index >= 15 is 0 Å². The van der Waals surface area contributed by atoms with Gasteiger partial charge in [-0.05, 0) is 25.0 Å². The number of rotatable bonds is 8. The van der Waals surface area contributed by atoms with Crippen LogP contribution in [0.15, 0.2) is 95.9 Å². The van der Waals surface area contributed by atoms with E-state index in [1.54, 1.807) is 78.9 Å². The van der Waals surface area contributed by atoms with Gasteiger partial charge in [0.05, 0.1) is 4.90 Å². The predicted molar refractivity (Wildman–Crippen MR) is 134 cm³/mol. The Kier molecular flexibility index (Phi) is 7.66. The fourth-order valence-corrected chi connectivity index (χ4v) is 6.16. The number of hydrogen-bond acceptors (Lipinski definition) is 5. The van der Waals surface area contributed by atoms with E-state index in [9.17, 15) is 18.0 Å². The van der Waals surface area contributed by atoms with Gasteiger partial charge in [0.1, 0.15) is 5.75 Å². The fraction of sp³-hybridized carbons (Fsp3) is 0.286. The minimum Gasteiger partial charge on any atom is -0.428 e. The molecular weight excluding hydrogens is 462 g/mol. The van der Waals surface area contributed by atoms with E-state index in [2.05, 4.69) is 5.32 Å². The molecule has 1 saturated carbocycles. The third-order valence-electron chi connectivity index (χ3n) is 6.33. The van der Waals surface area contributed by atoms with Crippen molar-refractivity contribution in [1.82, 2.24) is 5.32 Å². The highest BCUT2D eigenvalue weighted by Gasteiger charge is 2.49. The van der Waals surface area contributed by atoms with Gasteiger partial charge in [-0.1, -0.05) is 98.1 Å². The maximum Gasteiger partial charge on any atom is 0.408 e. The summed E-state index contributed by atoms with van der Waals surface area (Å²) >= 11 is 0. The lowest BCUT2D eigenvalue weighted by molar-refractivity contribution is 0.0216. The summed E-state index contributed by atoms with van der Waals surface area (Å²) in [6.07, 6.45) is 3.96. The summed E-state index contributed by atoms with van der Waals surface area (Å²) in [5.74, 6) is -1.32. The third kappa shape index (κ3) is 5.80. The van der Waals surface area contributed by atoms with Gasteiger partial charge in [0.15, 0.2) is 9.84 Å². The second-order valence-electron chi connectivity index (χ2n) is 8.83. The second kappa shape index (κ2) is 10.9. The standard InChI is InChI=1S/C28H29NO5S/c30-26(22-13-5-1-6-14-22)28(23-15-7-2-8-16-23,21-35(32,33)25-19-11-4-12-20-25)34-27(31)29-24-17-9-3-10-18-24/h1-2,4-8,11-16,19-20,24H,3,9-10,17-18,21H2,(H,29,31). The number of nitrogens with one attached hydrogen (secondary N) is 1. The first-order chi connectivity index (χ1) is 16.9. The molecule has 182 valence electrons. The largest absolute Gasteiger partial charge is 0.428 e. The van der Waals surface area contributed by atoms with Crippen LogP contribution in [0.25, 0.3) is 0 Å². The van der Waals surface area contributed by atoms with E-state index in [-0.39, 0.29) is 16.5 Å². The summed E-state index contributed by atoms with van der Waals surface area (Å²) in [5, 5.41) is 2.87. The van der Waals surface area contributed by atoms with Gasteiger partial charge < -0.3 is 10.1 Å². The number of ketones is 1. The number of carbonyl (C=O) groups excluding carboxylic acids is 2. The molecule has 1 aliphatic rings. The quantitative estimate of drug-likeness (QED) is 0.432. The van der Waals surface area contributed by atoms with Gasteiger partial charge in [-0.3, -0.25) is 4.79 Å². The van der Waals surface area contributed by atoms with Crippen molar-refractivity contribution in [2.24, 2.45) is 0 Å². The van der Waals surface area contributed by atoms with Crippen molar-refractivity contribution in [3.05, 3.63) is 102 Å². The van der Waals surface area contributed by atoms with Gasteiger partial charge >= 0.3 is 6.09 Å². The van der Waals surface area contributed by atoms with Crippen LogP contribution in [0, 0.1) is 0 Å². The molecule has 1 atom stereocenters. The summed E-state index contributed by atoms with van der Waals surface area (Å²) in [7, 11) is -4.02. The molecule has 0 bridgehead atoms. The number of carbonyl (C=O) groups is 2. The van der Waals surface area contributed by atoms with Gasteiger partial charge in [-0.25, -0.2) is 13.2 Å². The summed E-state index contributed by atoms with van der Waals surface area (Å²) in [4.78, 5) is 27.3. The number of benzene rings is 3. The van der Waals surface area contributed by atoms with Crippen LogP contribution in [-0.4, -0.2) is 32.1 Å². The molecule has 0 saturated heterocycles. The Morgan fingerprint density at radius 2 is 1.34 bits per heavy atom. The topological polar surface area (TPSA) is 89.5 Å². The Hall–Kier alpha value is -3.45. The van der Waals surface area contributed by atoms with Crippen LogP contribution in [0.2, 0.25) is 0 Å². The zero-order chi connectivity index (χ0) is 24.7. The molecule has 1 amide bonds. The number of ether oxygens (including phenoxy) is 1. The number of alkyl carbamates (subject to hydrolysis) is 1. The van der Waals surface area contributed by atoms with Crippen LogP contribution < -0.4 is 5.32 Å². The van der Waals surface area contributed by atoms with E-state index in [1.165, 1.54) is 12.1 Å². The van der Waals surface area contributed by atoms with Crippen LogP contribution in [0.1, 0.15) is 48.0 Å². The molecule has 6 nitrogen and oxygen atoms in total. The first-order valence-corrected chi connectivity index (χ1v) is 13.5. The first-order valence-electron chi connectivity index (χ1n) is 11.8. The second-order valence-corrected chi connectivity index (χ2v) is 10.8. The lowest BCUT2D eigenvalue weighted by Gasteiger charge is -2.33. The highest BCUT2D eigenvalue weighted by molar-refractivity contribution is 7.91. The van der Waals surface area contributed by atoms with Gasteiger partial charge in [0, 0.05) is 17.2 Å². The van der Waals surface area contributed by atoms with Gasteiger partial charge in [0.2, 0.25) is 11.4 Å². The van der Waals surface area contributed by atoms with E-state index in [0.29, 0.717) is 5.56 Å². The van der Waals surface area contributed by atoms with Crippen molar-refractivity contribution in [1.29, 1.82) is 0 Å². The molecular formula is C28H29NO5S. The molecule has 0 radical (unpaired) electrons. The monoisotopic (exact) mass is 491 g/mol. The van der Waals surface area contributed by atoms with Crippen LogP contribution >= 0.6 is 0 Å². The van der Waals surface area contributed by atoms with Crippen molar-refractivity contribution in [3.8, 4) is 0 Å². The van der Waals surface area contributed by atoms with E-state index in [0.717, 1.165) is 32.1 Å². The Bertz CT molecular complexity index is 1240. The summed E-state index contributed by atoms with van der Waals surface area (Å²) in [5.41, 5.74) is -1.52. The summed E-state index contributed by atoms with van der Waals surface area (Å²) in [6, 6.07) is 24.6. The Balaban J connectivity index is 1.80. The predicted octanol–water partition coefficient (Wildman–Crippen LogP) is 5.30.